The Bertz CT molecular complexity index is 1410. The van der Waals surface area contributed by atoms with Gasteiger partial charge in [0.05, 0.1) is 11.4 Å². The van der Waals surface area contributed by atoms with Crippen molar-refractivity contribution in [1.29, 1.82) is 0 Å². The summed E-state index contributed by atoms with van der Waals surface area (Å²) in [6.07, 6.45) is 0. The molecule has 3 heterocycles. The number of carbonyl (C=O) groups excluding carboxylic acids is 3. The summed E-state index contributed by atoms with van der Waals surface area (Å²) in [5.74, 6) is -0.794. The van der Waals surface area contributed by atoms with Gasteiger partial charge < -0.3 is 10.6 Å². The van der Waals surface area contributed by atoms with Gasteiger partial charge in [-0.05, 0) is 54.3 Å². The smallest absolute Gasteiger partial charge is 0.277 e. The van der Waals surface area contributed by atoms with E-state index in [2.05, 4.69) is 15.7 Å². The van der Waals surface area contributed by atoms with Gasteiger partial charge in [-0.3, -0.25) is 24.0 Å². The molecule has 0 saturated heterocycles. The normalized spacial score (nSPS) is 16.9. The van der Waals surface area contributed by atoms with Gasteiger partial charge in [-0.25, -0.2) is 0 Å². The molecule has 3 amide bonds. The Morgan fingerprint density at radius 3 is 2.47 bits per heavy atom. The van der Waals surface area contributed by atoms with Gasteiger partial charge in [0.25, 0.3) is 5.91 Å². The summed E-state index contributed by atoms with van der Waals surface area (Å²) in [6, 6.07) is 22.2. The van der Waals surface area contributed by atoms with Crippen LogP contribution in [-0.4, -0.2) is 33.0 Å². The number of rotatable bonds is 6. The number of hydrogen-bond acceptors (Lipinski definition) is 5. The van der Waals surface area contributed by atoms with Gasteiger partial charge in [0.1, 0.15) is 16.9 Å². The third kappa shape index (κ3) is 4.40. The van der Waals surface area contributed by atoms with Crippen LogP contribution in [-0.2, 0) is 22.7 Å². The molecule has 5 rings (SSSR count). The largest absolute Gasteiger partial charge is 0.350 e. The summed E-state index contributed by atoms with van der Waals surface area (Å²) >= 11 is 1.54. The van der Waals surface area contributed by atoms with Crippen molar-refractivity contribution in [3.63, 3.8) is 0 Å². The minimum Gasteiger partial charge on any atom is -0.350 e. The average Bonchev–Trinajstić information content (AvgIpc) is 3.54. The first-order chi connectivity index (χ1) is 17.3. The van der Waals surface area contributed by atoms with E-state index in [9.17, 15) is 14.4 Å². The number of nitrogens with zero attached hydrogens (tertiary/aromatic N) is 3. The Hall–Kier alpha value is -4.24. The molecule has 1 aliphatic rings. The Labute approximate surface area is 212 Å². The predicted molar refractivity (Wildman–Crippen MR) is 140 cm³/mol. The summed E-state index contributed by atoms with van der Waals surface area (Å²) in [5, 5.41) is 12.4. The number of nitrogens with one attached hydrogen (secondary N) is 2. The third-order valence-electron chi connectivity index (χ3n) is 6.16. The van der Waals surface area contributed by atoms with Gasteiger partial charge in [-0.15, -0.1) is 11.3 Å². The monoisotopic (exact) mass is 499 g/mol. The molecular formula is C27H25N5O3S. The first-order valence-corrected chi connectivity index (χ1v) is 12.4. The number of hydrogen-bond donors (Lipinski definition) is 2. The molecule has 4 aromatic rings. The lowest BCUT2D eigenvalue weighted by Gasteiger charge is -2.43. The van der Waals surface area contributed by atoms with Crippen LogP contribution in [0.3, 0.4) is 0 Å². The molecule has 2 N–H and O–H groups in total. The molecule has 2 aromatic carbocycles. The SMILES string of the molecule is CC(=O)Nc1ccc(N2C(=O)c3cc(-c4cccs4)nn3C[C@@]2(C)C(=O)NCc2ccccc2)cc1. The molecule has 0 radical (unpaired) electrons. The quantitative estimate of drug-likeness (QED) is 0.413. The van der Waals surface area contributed by atoms with Crippen molar-refractivity contribution in [1.82, 2.24) is 15.1 Å². The Morgan fingerprint density at radius 2 is 1.81 bits per heavy atom. The second-order valence-electron chi connectivity index (χ2n) is 8.86. The van der Waals surface area contributed by atoms with Crippen molar-refractivity contribution in [2.75, 3.05) is 10.2 Å². The van der Waals surface area contributed by atoms with Crippen molar-refractivity contribution >= 4 is 40.4 Å². The molecule has 0 aliphatic carbocycles. The number of thiophene rings is 1. The van der Waals surface area contributed by atoms with Crippen LogP contribution in [0, 0.1) is 0 Å². The van der Waals surface area contributed by atoms with E-state index in [-0.39, 0.29) is 24.3 Å². The van der Waals surface area contributed by atoms with Crippen LogP contribution in [0.4, 0.5) is 11.4 Å². The zero-order chi connectivity index (χ0) is 25.3. The molecule has 182 valence electrons. The van der Waals surface area contributed by atoms with Crippen molar-refractivity contribution in [3.8, 4) is 10.6 Å². The van der Waals surface area contributed by atoms with E-state index in [0.29, 0.717) is 29.3 Å². The van der Waals surface area contributed by atoms with E-state index in [4.69, 9.17) is 0 Å². The van der Waals surface area contributed by atoms with Gasteiger partial charge >= 0.3 is 0 Å². The lowest BCUT2D eigenvalue weighted by atomic mass is 9.93. The second kappa shape index (κ2) is 9.43. The third-order valence-corrected chi connectivity index (χ3v) is 7.05. The van der Waals surface area contributed by atoms with Crippen molar-refractivity contribution in [2.24, 2.45) is 0 Å². The van der Waals surface area contributed by atoms with Crippen LogP contribution >= 0.6 is 11.3 Å². The lowest BCUT2D eigenvalue weighted by molar-refractivity contribution is -0.126. The van der Waals surface area contributed by atoms with E-state index < -0.39 is 5.54 Å². The average molecular weight is 500 g/mol. The molecule has 0 spiro atoms. The Balaban J connectivity index is 1.52. The van der Waals surface area contributed by atoms with Gasteiger partial charge in [0.15, 0.2) is 0 Å². The van der Waals surface area contributed by atoms with E-state index >= 15 is 0 Å². The maximum absolute atomic E-state index is 13.9. The molecule has 36 heavy (non-hydrogen) atoms. The number of benzene rings is 2. The zero-order valence-electron chi connectivity index (χ0n) is 19.9. The van der Waals surface area contributed by atoms with Crippen LogP contribution in [0.5, 0.6) is 0 Å². The lowest BCUT2D eigenvalue weighted by Crippen LogP contribution is -2.64. The Morgan fingerprint density at radius 1 is 1.06 bits per heavy atom. The number of anilines is 2. The summed E-state index contributed by atoms with van der Waals surface area (Å²) in [7, 11) is 0. The van der Waals surface area contributed by atoms with Crippen molar-refractivity contribution in [2.45, 2.75) is 32.5 Å². The summed E-state index contributed by atoms with van der Waals surface area (Å²) < 4.78 is 1.63. The Kier molecular flexibility index (Phi) is 6.15. The summed E-state index contributed by atoms with van der Waals surface area (Å²) in [4.78, 5) is 41.5. The summed E-state index contributed by atoms with van der Waals surface area (Å²) in [6.45, 7) is 3.71. The molecule has 0 bridgehead atoms. The topological polar surface area (TPSA) is 96.3 Å². The molecule has 9 heteroatoms. The van der Waals surface area contributed by atoms with E-state index in [1.165, 1.54) is 11.8 Å². The van der Waals surface area contributed by atoms with Crippen LogP contribution in [0.25, 0.3) is 10.6 Å². The molecule has 1 atom stereocenters. The highest BCUT2D eigenvalue weighted by atomic mass is 32.1. The van der Waals surface area contributed by atoms with Crippen molar-refractivity contribution in [3.05, 3.63) is 89.4 Å². The second-order valence-corrected chi connectivity index (χ2v) is 9.81. The number of aromatic nitrogens is 2. The fourth-order valence-electron chi connectivity index (χ4n) is 4.40. The maximum Gasteiger partial charge on any atom is 0.277 e. The van der Waals surface area contributed by atoms with Gasteiger partial charge in [-0.2, -0.15) is 5.10 Å². The fourth-order valence-corrected chi connectivity index (χ4v) is 5.08. The molecule has 0 saturated carbocycles. The van der Waals surface area contributed by atoms with Gasteiger partial charge in [0.2, 0.25) is 11.8 Å². The minimum atomic E-state index is -1.24. The first-order valence-electron chi connectivity index (χ1n) is 11.5. The highest BCUT2D eigenvalue weighted by molar-refractivity contribution is 7.13. The summed E-state index contributed by atoms with van der Waals surface area (Å²) in [5.41, 5.74) is 1.99. The van der Waals surface area contributed by atoms with Crippen molar-refractivity contribution < 1.29 is 14.4 Å². The molecule has 1 aliphatic heterocycles. The molecule has 0 unspecified atom stereocenters. The van der Waals surface area contributed by atoms with Gasteiger partial charge in [0, 0.05) is 24.8 Å². The standard InChI is InChI=1S/C27H25N5O3S/c1-18(33)29-20-10-12-21(13-11-20)32-25(34)23-15-22(24-9-6-14-36-24)30-31(23)17-27(32,2)26(35)28-16-19-7-4-3-5-8-19/h3-15H,16-17H2,1-2H3,(H,28,35)(H,29,33)/t27-/m0/s1. The molecule has 0 fully saturated rings. The van der Waals surface area contributed by atoms with Crippen LogP contribution in [0.2, 0.25) is 0 Å². The zero-order valence-corrected chi connectivity index (χ0v) is 20.7. The number of amides is 3. The van der Waals surface area contributed by atoms with E-state index in [1.807, 2.05) is 47.8 Å². The molecular weight excluding hydrogens is 474 g/mol. The number of carbonyl (C=O) groups is 3. The van der Waals surface area contributed by atoms with Crippen LogP contribution < -0.4 is 15.5 Å². The number of fused-ring (bicyclic) bond motifs is 1. The van der Waals surface area contributed by atoms with Crippen LogP contribution in [0.15, 0.2) is 78.2 Å². The van der Waals surface area contributed by atoms with E-state index in [1.54, 1.807) is 53.3 Å². The minimum absolute atomic E-state index is 0.188. The molecule has 2 aromatic heterocycles. The van der Waals surface area contributed by atoms with Crippen LogP contribution in [0.1, 0.15) is 29.9 Å². The maximum atomic E-state index is 13.9. The van der Waals surface area contributed by atoms with E-state index in [0.717, 1.165) is 10.4 Å². The highest BCUT2D eigenvalue weighted by Gasteiger charge is 2.48. The first kappa shape index (κ1) is 23.5. The molecule has 8 nitrogen and oxygen atoms in total. The predicted octanol–water partition coefficient (Wildman–Crippen LogP) is 4.31. The highest BCUT2D eigenvalue weighted by Crippen LogP contribution is 2.35. The fraction of sp³-hybridized carbons (Fsp3) is 0.185. The van der Waals surface area contributed by atoms with Gasteiger partial charge in [-0.1, -0.05) is 36.4 Å².